The Balaban J connectivity index is 1.71. The van der Waals surface area contributed by atoms with Crippen molar-refractivity contribution in [3.63, 3.8) is 0 Å². The lowest BCUT2D eigenvalue weighted by Crippen LogP contribution is -2.57. The molecule has 2 unspecified atom stereocenters. The lowest BCUT2D eigenvalue weighted by atomic mass is 10.00. The number of alkyl halides is 1. The Morgan fingerprint density at radius 1 is 1.13 bits per heavy atom. The van der Waals surface area contributed by atoms with Crippen LogP contribution in [0.5, 0.6) is 0 Å². The van der Waals surface area contributed by atoms with Crippen LogP contribution in [0.1, 0.15) is 0 Å². The summed E-state index contributed by atoms with van der Waals surface area (Å²) < 4.78 is 23.9. The first kappa shape index (κ1) is 15.9. The molecule has 0 amide bonds. The second kappa shape index (κ2) is 6.25. The maximum Gasteiger partial charge on any atom is 0.336 e. The molecule has 1 aromatic carbocycles. The lowest BCUT2D eigenvalue weighted by molar-refractivity contribution is -0.266. The van der Waals surface area contributed by atoms with E-state index < -0.39 is 36.4 Å². The number of rotatable bonds is 3. The van der Waals surface area contributed by atoms with Gasteiger partial charge in [0.25, 0.3) is 0 Å². The number of halogens is 1. The molecule has 5 atom stereocenters. The predicted octanol–water partition coefficient (Wildman–Crippen LogP) is -0.0180. The molecule has 0 radical (unpaired) electrons. The number of fused-ring (bicyclic) bond motifs is 1. The Labute approximate surface area is 129 Å². The van der Waals surface area contributed by atoms with Crippen LogP contribution in [0.15, 0.2) is 39.5 Å². The van der Waals surface area contributed by atoms with Crippen LogP contribution in [-0.2, 0) is 4.74 Å². The van der Waals surface area contributed by atoms with Crippen molar-refractivity contribution in [2.24, 2.45) is 0 Å². The van der Waals surface area contributed by atoms with Gasteiger partial charge < -0.3 is 29.8 Å². The van der Waals surface area contributed by atoms with Gasteiger partial charge >= 0.3 is 5.63 Å². The molecule has 7 nitrogen and oxygen atoms in total. The van der Waals surface area contributed by atoms with E-state index in [2.05, 4.69) is 5.32 Å². The van der Waals surface area contributed by atoms with Crippen LogP contribution in [0.4, 0.5) is 10.1 Å². The van der Waals surface area contributed by atoms with E-state index in [1.54, 1.807) is 24.3 Å². The smallest absolute Gasteiger partial charge is 0.336 e. The maximum absolute atomic E-state index is 13.9. The van der Waals surface area contributed by atoms with E-state index in [-0.39, 0.29) is 6.54 Å². The number of aliphatic hydroxyl groups is 3. The summed E-state index contributed by atoms with van der Waals surface area (Å²) in [6.45, 7) is -0.0510. The second-order valence-electron chi connectivity index (χ2n) is 5.38. The zero-order chi connectivity index (χ0) is 16.6. The fourth-order valence-electron chi connectivity index (χ4n) is 2.46. The summed E-state index contributed by atoms with van der Waals surface area (Å²) in [5.41, 5.74) is 0.450. The zero-order valence-electron chi connectivity index (χ0n) is 11.9. The molecular weight excluding hydrogens is 308 g/mol. The van der Waals surface area contributed by atoms with Gasteiger partial charge in [-0.3, -0.25) is 0 Å². The molecule has 3 rings (SSSR count). The molecule has 23 heavy (non-hydrogen) atoms. The fourth-order valence-corrected chi connectivity index (χ4v) is 2.46. The van der Waals surface area contributed by atoms with Crippen molar-refractivity contribution in [1.29, 1.82) is 0 Å². The van der Waals surface area contributed by atoms with E-state index in [0.717, 1.165) is 5.39 Å². The van der Waals surface area contributed by atoms with Crippen molar-refractivity contribution in [2.75, 3.05) is 11.9 Å². The standard InChI is InChI=1S/C15H16FNO6/c16-12-10(23-15(21)14(20)13(12)19)6-17-8-3-1-7-2-4-11(18)22-9(7)5-8/h1-5,10,12-15,17,19-21H,6H2/t10?,12-,13+,14?,15-/m1/s1/i16-1. The molecule has 2 aromatic rings. The summed E-state index contributed by atoms with van der Waals surface area (Å²) in [5.74, 6) is 0. The van der Waals surface area contributed by atoms with Crippen LogP contribution in [-0.4, -0.2) is 52.6 Å². The highest BCUT2D eigenvalue weighted by atomic mass is 18.2. The molecule has 8 heteroatoms. The van der Waals surface area contributed by atoms with E-state index >= 15 is 0 Å². The normalized spacial score (nSPS) is 31.2. The van der Waals surface area contributed by atoms with Crippen molar-refractivity contribution < 1.29 is 28.9 Å². The molecular formula is C15H16FNO6. The first-order valence-electron chi connectivity index (χ1n) is 7.07. The first-order chi connectivity index (χ1) is 11.0. The number of nitrogens with one attached hydrogen (secondary N) is 1. The monoisotopic (exact) mass is 324 g/mol. The summed E-state index contributed by atoms with van der Waals surface area (Å²) in [4.78, 5) is 11.2. The topological polar surface area (TPSA) is 112 Å². The van der Waals surface area contributed by atoms with Gasteiger partial charge in [-0.1, -0.05) is 0 Å². The Morgan fingerprint density at radius 2 is 1.87 bits per heavy atom. The number of aliphatic hydroxyl groups excluding tert-OH is 3. The minimum Gasteiger partial charge on any atom is -0.423 e. The van der Waals surface area contributed by atoms with Crippen LogP contribution in [0.3, 0.4) is 0 Å². The summed E-state index contributed by atoms with van der Waals surface area (Å²) in [5, 5.41) is 31.9. The minimum atomic E-state index is -1.85. The summed E-state index contributed by atoms with van der Waals surface area (Å²) in [6, 6.07) is 7.95. The van der Waals surface area contributed by atoms with Gasteiger partial charge in [-0.15, -0.1) is 0 Å². The molecule has 0 aliphatic carbocycles. The minimum absolute atomic E-state index is 0.0510. The van der Waals surface area contributed by atoms with E-state index in [4.69, 9.17) is 9.15 Å². The van der Waals surface area contributed by atoms with Crippen LogP contribution in [0.25, 0.3) is 11.0 Å². The third kappa shape index (κ3) is 3.20. The lowest BCUT2D eigenvalue weighted by Gasteiger charge is -2.37. The molecule has 1 saturated heterocycles. The molecule has 0 saturated carbocycles. The molecule has 1 aromatic heterocycles. The molecule has 124 valence electrons. The van der Waals surface area contributed by atoms with Gasteiger partial charge in [-0.25, -0.2) is 9.18 Å². The highest BCUT2D eigenvalue weighted by Gasteiger charge is 2.44. The number of benzene rings is 1. The van der Waals surface area contributed by atoms with Gasteiger partial charge in [0.15, 0.2) is 12.5 Å². The molecule has 4 N–H and O–H groups in total. The van der Waals surface area contributed by atoms with Crippen molar-refractivity contribution in [2.45, 2.75) is 30.8 Å². The van der Waals surface area contributed by atoms with Gasteiger partial charge in [0, 0.05) is 29.8 Å². The second-order valence-corrected chi connectivity index (χ2v) is 5.38. The van der Waals surface area contributed by atoms with Gasteiger partial charge in [0.1, 0.15) is 23.9 Å². The summed E-state index contributed by atoms with van der Waals surface area (Å²) >= 11 is 0. The number of ether oxygens (including phenoxy) is 1. The highest BCUT2D eigenvalue weighted by molar-refractivity contribution is 5.80. The van der Waals surface area contributed by atoms with E-state index in [1.807, 2.05) is 0 Å². The van der Waals surface area contributed by atoms with Gasteiger partial charge in [0.05, 0.1) is 0 Å². The molecule has 1 fully saturated rings. The fraction of sp³-hybridized carbons (Fsp3) is 0.400. The van der Waals surface area contributed by atoms with Gasteiger partial charge in [-0.05, 0) is 18.2 Å². The van der Waals surface area contributed by atoms with E-state index in [0.29, 0.717) is 11.3 Å². The van der Waals surface area contributed by atoms with E-state index in [9.17, 15) is 24.5 Å². The Hall–Kier alpha value is -2.00. The molecule has 0 spiro atoms. The van der Waals surface area contributed by atoms with Crippen molar-refractivity contribution in [3.05, 3.63) is 40.8 Å². The number of anilines is 1. The van der Waals surface area contributed by atoms with Crippen LogP contribution in [0, 0.1) is 0 Å². The maximum atomic E-state index is 13.9. The zero-order valence-corrected chi connectivity index (χ0v) is 11.9. The molecule has 1 aliphatic heterocycles. The highest BCUT2D eigenvalue weighted by Crippen LogP contribution is 2.23. The predicted molar refractivity (Wildman–Crippen MR) is 78.8 cm³/mol. The van der Waals surface area contributed by atoms with Crippen LogP contribution < -0.4 is 10.9 Å². The van der Waals surface area contributed by atoms with Crippen molar-refractivity contribution in [1.82, 2.24) is 0 Å². The average molecular weight is 324 g/mol. The van der Waals surface area contributed by atoms with Crippen LogP contribution >= 0.6 is 0 Å². The number of hydrogen-bond donors (Lipinski definition) is 4. The molecule has 1 aliphatic rings. The quantitative estimate of drug-likeness (QED) is 0.587. The Morgan fingerprint density at radius 3 is 2.65 bits per heavy atom. The summed E-state index contributed by atoms with van der Waals surface area (Å²) in [7, 11) is 0. The van der Waals surface area contributed by atoms with Crippen LogP contribution in [0.2, 0.25) is 0 Å². The van der Waals surface area contributed by atoms with Gasteiger partial charge in [0.2, 0.25) is 0 Å². The van der Waals surface area contributed by atoms with E-state index in [1.165, 1.54) is 6.07 Å². The summed E-state index contributed by atoms with van der Waals surface area (Å²) in [6.07, 6.45) is -8.05. The average Bonchev–Trinajstić information content (AvgIpc) is 2.54. The Kier molecular flexibility index (Phi) is 4.31. The number of hydrogen-bond acceptors (Lipinski definition) is 7. The van der Waals surface area contributed by atoms with Crippen molar-refractivity contribution >= 4 is 16.7 Å². The third-order valence-electron chi connectivity index (χ3n) is 3.77. The molecule has 2 heterocycles. The van der Waals surface area contributed by atoms with Gasteiger partial charge in [-0.2, -0.15) is 0 Å². The SMILES string of the molecule is O=c1ccc2ccc(NCC3O[C@@H](O)C(O)[C@@H](O)[C@@H]3[18F])cc2o1. The molecule has 0 bridgehead atoms. The third-order valence-corrected chi connectivity index (χ3v) is 3.77. The largest absolute Gasteiger partial charge is 0.423 e. The first-order valence-corrected chi connectivity index (χ1v) is 7.07. The Bertz CT molecular complexity index is 750. The van der Waals surface area contributed by atoms with Crippen molar-refractivity contribution in [3.8, 4) is 0 Å².